The Labute approximate surface area is 131 Å². The number of H-pyrrole nitrogens is 1. The standard InChI is InChI=1S/C17H15FN2O3/c18-13-5-2-1-4-10(13)9-19-16(22)12-8-11-14(20-17(12)23)6-3-7-15(11)21/h1-2,4-5,8H,3,6-7,9H2,(H,19,22)(H,20,23). The van der Waals surface area contributed by atoms with Gasteiger partial charge in [0, 0.05) is 29.8 Å². The number of hydrogen-bond donors (Lipinski definition) is 2. The van der Waals surface area contributed by atoms with E-state index in [1.807, 2.05) is 0 Å². The number of pyridine rings is 1. The monoisotopic (exact) mass is 314 g/mol. The molecule has 0 saturated heterocycles. The van der Waals surface area contributed by atoms with Crippen molar-refractivity contribution in [3.8, 4) is 0 Å². The minimum absolute atomic E-state index is 0.0318. The summed E-state index contributed by atoms with van der Waals surface area (Å²) in [6.45, 7) is -0.0318. The number of rotatable bonds is 3. The molecule has 1 aliphatic rings. The SMILES string of the molecule is O=C1CCCc2[nH]c(=O)c(C(=O)NCc3ccccc3F)cc21. The number of carbonyl (C=O) groups is 2. The van der Waals surface area contributed by atoms with E-state index in [1.165, 1.54) is 12.1 Å². The molecule has 23 heavy (non-hydrogen) atoms. The van der Waals surface area contributed by atoms with E-state index in [-0.39, 0.29) is 17.9 Å². The lowest BCUT2D eigenvalue weighted by atomic mass is 9.93. The zero-order chi connectivity index (χ0) is 16.4. The minimum atomic E-state index is -0.629. The molecule has 1 aromatic carbocycles. The Morgan fingerprint density at radius 2 is 2.00 bits per heavy atom. The number of amides is 1. The van der Waals surface area contributed by atoms with E-state index in [9.17, 15) is 18.8 Å². The van der Waals surface area contributed by atoms with Gasteiger partial charge in [-0.2, -0.15) is 0 Å². The highest BCUT2D eigenvalue weighted by atomic mass is 19.1. The van der Waals surface area contributed by atoms with Gasteiger partial charge in [-0.1, -0.05) is 18.2 Å². The summed E-state index contributed by atoms with van der Waals surface area (Å²) in [7, 11) is 0. The van der Waals surface area contributed by atoms with Crippen LogP contribution in [-0.4, -0.2) is 16.7 Å². The number of carbonyl (C=O) groups excluding carboxylic acids is 2. The molecule has 1 aromatic heterocycles. The third kappa shape index (κ3) is 3.06. The van der Waals surface area contributed by atoms with Crippen molar-refractivity contribution in [2.75, 3.05) is 0 Å². The maximum absolute atomic E-state index is 13.5. The van der Waals surface area contributed by atoms with Gasteiger partial charge in [0.05, 0.1) is 0 Å². The van der Waals surface area contributed by atoms with Gasteiger partial charge < -0.3 is 10.3 Å². The number of halogens is 1. The van der Waals surface area contributed by atoms with Crippen molar-refractivity contribution in [1.29, 1.82) is 0 Å². The number of aromatic amines is 1. The molecule has 0 saturated carbocycles. The van der Waals surface area contributed by atoms with E-state index < -0.39 is 17.3 Å². The molecule has 0 unspecified atom stereocenters. The quantitative estimate of drug-likeness (QED) is 0.909. The molecule has 1 heterocycles. The van der Waals surface area contributed by atoms with Gasteiger partial charge in [0.1, 0.15) is 11.4 Å². The van der Waals surface area contributed by atoms with Crippen molar-refractivity contribution < 1.29 is 14.0 Å². The second kappa shape index (κ2) is 6.16. The molecule has 0 aliphatic heterocycles. The third-order valence-corrected chi connectivity index (χ3v) is 3.90. The van der Waals surface area contributed by atoms with Gasteiger partial charge in [-0.05, 0) is 25.0 Å². The molecule has 1 aliphatic carbocycles. The predicted octanol–water partition coefficient (Wildman–Crippen LogP) is 1.96. The lowest BCUT2D eigenvalue weighted by Gasteiger charge is -2.15. The van der Waals surface area contributed by atoms with E-state index in [1.54, 1.807) is 18.2 Å². The van der Waals surface area contributed by atoms with E-state index in [0.29, 0.717) is 36.1 Å². The number of Topliss-reactive ketones (excluding diaryl/α,β-unsaturated/α-hetero) is 1. The van der Waals surface area contributed by atoms with Crippen molar-refractivity contribution >= 4 is 11.7 Å². The van der Waals surface area contributed by atoms with Crippen LogP contribution in [0.5, 0.6) is 0 Å². The minimum Gasteiger partial charge on any atom is -0.348 e. The summed E-state index contributed by atoms with van der Waals surface area (Å²) >= 11 is 0. The molecule has 2 aromatic rings. The Morgan fingerprint density at radius 1 is 1.22 bits per heavy atom. The first-order valence-electron chi connectivity index (χ1n) is 7.37. The van der Waals surface area contributed by atoms with Crippen molar-refractivity contribution in [3.63, 3.8) is 0 Å². The fourth-order valence-corrected chi connectivity index (χ4v) is 2.66. The molecule has 0 spiro atoms. The molecule has 0 radical (unpaired) electrons. The maximum Gasteiger partial charge on any atom is 0.261 e. The van der Waals surface area contributed by atoms with E-state index in [0.717, 1.165) is 0 Å². The first-order valence-corrected chi connectivity index (χ1v) is 7.37. The predicted molar refractivity (Wildman–Crippen MR) is 81.9 cm³/mol. The van der Waals surface area contributed by atoms with Crippen LogP contribution in [0.15, 0.2) is 35.1 Å². The number of nitrogens with one attached hydrogen (secondary N) is 2. The van der Waals surface area contributed by atoms with Crippen LogP contribution in [0.2, 0.25) is 0 Å². The van der Waals surface area contributed by atoms with Crippen LogP contribution >= 0.6 is 0 Å². The fraction of sp³-hybridized carbons (Fsp3) is 0.235. The van der Waals surface area contributed by atoms with Crippen LogP contribution in [0.4, 0.5) is 4.39 Å². The van der Waals surface area contributed by atoms with Gasteiger partial charge >= 0.3 is 0 Å². The second-order valence-corrected chi connectivity index (χ2v) is 5.46. The normalized spacial score (nSPS) is 13.5. The number of aromatic nitrogens is 1. The largest absolute Gasteiger partial charge is 0.348 e. The molecular formula is C17H15FN2O3. The molecule has 2 N–H and O–H groups in total. The number of ketones is 1. The van der Waals surface area contributed by atoms with Gasteiger partial charge in [-0.3, -0.25) is 14.4 Å². The molecule has 0 bridgehead atoms. The maximum atomic E-state index is 13.5. The van der Waals surface area contributed by atoms with Crippen LogP contribution in [0.3, 0.4) is 0 Å². The van der Waals surface area contributed by atoms with E-state index >= 15 is 0 Å². The van der Waals surface area contributed by atoms with Crippen molar-refractivity contribution in [2.24, 2.45) is 0 Å². The number of hydrogen-bond acceptors (Lipinski definition) is 3. The van der Waals surface area contributed by atoms with Crippen molar-refractivity contribution in [3.05, 3.63) is 68.9 Å². The van der Waals surface area contributed by atoms with Crippen LogP contribution in [-0.2, 0) is 13.0 Å². The summed E-state index contributed by atoms with van der Waals surface area (Å²) in [4.78, 5) is 38.7. The zero-order valence-corrected chi connectivity index (χ0v) is 12.3. The van der Waals surface area contributed by atoms with E-state index in [2.05, 4.69) is 10.3 Å². The lowest BCUT2D eigenvalue weighted by Crippen LogP contribution is -2.31. The molecule has 6 heteroatoms. The molecule has 5 nitrogen and oxygen atoms in total. The van der Waals surface area contributed by atoms with Gasteiger partial charge in [-0.15, -0.1) is 0 Å². The summed E-state index contributed by atoms with van der Waals surface area (Å²) < 4.78 is 13.5. The first kappa shape index (κ1) is 15.1. The summed E-state index contributed by atoms with van der Waals surface area (Å²) in [5.41, 5.74) is 0.634. The van der Waals surface area contributed by atoms with Crippen LogP contribution < -0.4 is 10.9 Å². The van der Waals surface area contributed by atoms with Crippen molar-refractivity contribution in [1.82, 2.24) is 10.3 Å². The average Bonchev–Trinajstić information content (AvgIpc) is 2.53. The summed E-state index contributed by atoms with van der Waals surface area (Å²) in [6, 6.07) is 7.41. The van der Waals surface area contributed by atoms with Crippen molar-refractivity contribution in [2.45, 2.75) is 25.8 Å². The molecule has 3 rings (SSSR count). The summed E-state index contributed by atoms with van der Waals surface area (Å²) in [5, 5.41) is 2.51. The second-order valence-electron chi connectivity index (χ2n) is 5.46. The number of aryl methyl sites for hydroxylation is 1. The van der Waals surface area contributed by atoms with Crippen LogP contribution in [0, 0.1) is 5.82 Å². The van der Waals surface area contributed by atoms with Crippen LogP contribution in [0.25, 0.3) is 0 Å². The molecule has 0 atom stereocenters. The zero-order valence-electron chi connectivity index (χ0n) is 12.3. The molecule has 118 valence electrons. The summed E-state index contributed by atoms with van der Waals surface area (Å²) in [6.07, 6.45) is 1.73. The average molecular weight is 314 g/mol. The Balaban J connectivity index is 1.83. The molecule has 1 amide bonds. The Kier molecular flexibility index (Phi) is 4.06. The fourth-order valence-electron chi connectivity index (χ4n) is 2.66. The lowest BCUT2D eigenvalue weighted by molar-refractivity contribution is 0.0949. The molecular weight excluding hydrogens is 299 g/mol. The smallest absolute Gasteiger partial charge is 0.261 e. The highest BCUT2D eigenvalue weighted by Crippen LogP contribution is 2.18. The number of fused-ring (bicyclic) bond motifs is 1. The number of benzene rings is 1. The van der Waals surface area contributed by atoms with Gasteiger partial charge in [0.15, 0.2) is 5.78 Å². The van der Waals surface area contributed by atoms with Gasteiger partial charge in [-0.25, -0.2) is 4.39 Å². The Morgan fingerprint density at radius 3 is 2.78 bits per heavy atom. The molecule has 0 fully saturated rings. The topological polar surface area (TPSA) is 79.0 Å². The van der Waals surface area contributed by atoms with E-state index in [4.69, 9.17) is 0 Å². The highest BCUT2D eigenvalue weighted by Gasteiger charge is 2.22. The Bertz CT molecular complexity index is 842. The highest BCUT2D eigenvalue weighted by molar-refractivity contribution is 6.01. The summed E-state index contributed by atoms with van der Waals surface area (Å²) in [5.74, 6) is -1.14. The van der Waals surface area contributed by atoms with Gasteiger partial charge in [0.25, 0.3) is 11.5 Å². The first-order chi connectivity index (χ1) is 11.1. The van der Waals surface area contributed by atoms with Gasteiger partial charge in [0.2, 0.25) is 0 Å². The van der Waals surface area contributed by atoms with Crippen LogP contribution in [0.1, 0.15) is 44.8 Å². The third-order valence-electron chi connectivity index (χ3n) is 3.90. The Hall–Kier alpha value is -2.76.